The lowest BCUT2D eigenvalue weighted by molar-refractivity contribution is -0.164. The molecule has 4 unspecified atom stereocenters. The Hall–Kier alpha value is -1.06. The maximum atomic E-state index is 12.6. The Bertz CT molecular complexity index is 407. The molecule has 154 valence electrons. The van der Waals surface area contributed by atoms with Gasteiger partial charge in [-0.05, 0) is 30.6 Å². The number of carbonyl (C=O) groups is 2. The minimum absolute atomic E-state index is 0.0678. The molecule has 0 bridgehead atoms. The van der Waals surface area contributed by atoms with Crippen LogP contribution in [-0.2, 0) is 9.59 Å². The molecule has 2 N–H and O–H groups in total. The van der Waals surface area contributed by atoms with Crippen LogP contribution in [0, 0.1) is 23.2 Å². The van der Waals surface area contributed by atoms with Crippen LogP contribution in [0.3, 0.4) is 0 Å². The van der Waals surface area contributed by atoms with Crippen molar-refractivity contribution < 1.29 is 19.8 Å². The summed E-state index contributed by atoms with van der Waals surface area (Å²) in [7, 11) is 0. The summed E-state index contributed by atoms with van der Waals surface area (Å²) in [5, 5.41) is 19.9. The van der Waals surface area contributed by atoms with Gasteiger partial charge in [0.25, 0.3) is 0 Å². The molecule has 4 heteroatoms. The normalized spacial score (nSPS) is 17.3. The van der Waals surface area contributed by atoms with Crippen LogP contribution in [0.5, 0.6) is 0 Å². The van der Waals surface area contributed by atoms with Gasteiger partial charge in [0.15, 0.2) is 0 Å². The quantitative estimate of drug-likeness (QED) is 0.330. The SMILES string of the molecule is CCCCC(CC)CC(CC(=O)O)(C(=O)O)C(CCC)C(CC)CCC. The van der Waals surface area contributed by atoms with E-state index < -0.39 is 17.4 Å². The van der Waals surface area contributed by atoms with Crippen molar-refractivity contribution in [1.29, 1.82) is 0 Å². The van der Waals surface area contributed by atoms with Gasteiger partial charge in [0.2, 0.25) is 0 Å². The fourth-order valence-electron chi connectivity index (χ4n) is 4.74. The second-order valence-electron chi connectivity index (χ2n) is 8.00. The summed E-state index contributed by atoms with van der Waals surface area (Å²) in [6.45, 7) is 10.6. The molecule has 0 rings (SSSR count). The van der Waals surface area contributed by atoms with E-state index in [1.807, 2.05) is 0 Å². The lowest BCUT2D eigenvalue weighted by Crippen LogP contribution is -2.45. The minimum atomic E-state index is -1.15. The number of hydrogen-bond acceptors (Lipinski definition) is 2. The predicted molar refractivity (Wildman–Crippen MR) is 107 cm³/mol. The van der Waals surface area contributed by atoms with Gasteiger partial charge < -0.3 is 10.2 Å². The maximum Gasteiger partial charge on any atom is 0.310 e. The third kappa shape index (κ3) is 7.28. The van der Waals surface area contributed by atoms with Gasteiger partial charge in [-0.15, -0.1) is 0 Å². The first-order valence-corrected chi connectivity index (χ1v) is 10.8. The van der Waals surface area contributed by atoms with E-state index >= 15 is 0 Å². The Morgan fingerprint density at radius 3 is 1.85 bits per heavy atom. The summed E-state index contributed by atoms with van der Waals surface area (Å²) >= 11 is 0. The molecule has 0 aromatic rings. The molecule has 0 spiro atoms. The van der Waals surface area contributed by atoms with Gasteiger partial charge in [0.1, 0.15) is 0 Å². The Balaban J connectivity index is 6.01. The summed E-state index contributed by atoms with van der Waals surface area (Å²) in [5.41, 5.74) is -1.15. The van der Waals surface area contributed by atoms with Crippen LogP contribution in [0.1, 0.15) is 105 Å². The second kappa shape index (κ2) is 13.2. The Morgan fingerprint density at radius 1 is 0.846 bits per heavy atom. The van der Waals surface area contributed by atoms with E-state index in [1.54, 1.807) is 0 Å². The first-order chi connectivity index (χ1) is 12.3. The van der Waals surface area contributed by atoms with E-state index in [0.29, 0.717) is 6.42 Å². The van der Waals surface area contributed by atoms with E-state index in [0.717, 1.165) is 57.8 Å². The lowest BCUT2D eigenvalue weighted by atomic mass is 9.60. The molecule has 0 saturated heterocycles. The minimum Gasteiger partial charge on any atom is -0.481 e. The van der Waals surface area contributed by atoms with Crippen molar-refractivity contribution in [2.75, 3.05) is 0 Å². The molecule has 0 heterocycles. The highest BCUT2D eigenvalue weighted by atomic mass is 16.4. The van der Waals surface area contributed by atoms with Gasteiger partial charge in [-0.25, -0.2) is 0 Å². The summed E-state index contributed by atoms with van der Waals surface area (Å²) in [6.07, 6.45) is 8.89. The summed E-state index contributed by atoms with van der Waals surface area (Å²) in [4.78, 5) is 24.3. The largest absolute Gasteiger partial charge is 0.481 e. The van der Waals surface area contributed by atoms with Crippen molar-refractivity contribution in [2.45, 2.75) is 105 Å². The van der Waals surface area contributed by atoms with Crippen molar-refractivity contribution in [3.8, 4) is 0 Å². The first kappa shape index (κ1) is 24.9. The predicted octanol–water partition coefficient (Wildman–Crippen LogP) is 6.38. The molecule has 0 saturated carbocycles. The molecule has 0 aliphatic rings. The van der Waals surface area contributed by atoms with Crippen molar-refractivity contribution in [1.82, 2.24) is 0 Å². The molecule has 0 amide bonds. The molecule has 0 aromatic carbocycles. The summed E-state index contributed by atoms with van der Waals surface area (Å²) < 4.78 is 0. The molecular formula is C22H42O4. The summed E-state index contributed by atoms with van der Waals surface area (Å²) in [6, 6.07) is 0. The number of aliphatic carboxylic acids is 2. The second-order valence-corrected chi connectivity index (χ2v) is 8.00. The van der Waals surface area contributed by atoms with Gasteiger partial charge in [0, 0.05) is 0 Å². The van der Waals surface area contributed by atoms with Gasteiger partial charge in [-0.3, -0.25) is 9.59 Å². The monoisotopic (exact) mass is 370 g/mol. The van der Waals surface area contributed by atoms with Crippen LogP contribution < -0.4 is 0 Å². The van der Waals surface area contributed by atoms with Crippen molar-refractivity contribution >= 4 is 11.9 Å². The van der Waals surface area contributed by atoms with Gasteiger partial charge >= 0.3 is 11.9 Å². The summed E-state index contributed by atoms with van der Waals surface area (Å²) in [5.74, 6) is -1.39. The highest BCUT2D eigenvalue weighted by Gasteiger charge is 2.50. The zero-order chi connectivity index (χ0) is 20.2. The van der Waals surface area contributed by atoms with E-state index in [9.17, 15) is 19.8 Å². The topological polar surface area (TPSA) is 74.6 Å². The molecule has 26 heavy (non-hydrogen) atoms. The Morgan fingerprint density at radius 2 is 1.46 bits per heavy atom. The van der Waals surface area contributed by atoms with Gasteiger partial charge in [-0.1, -0.05) is 86.0 Å². The number of rotatable bonds is 16. The zero-order valence-electron chi connectivity index (χ0n) is 17.7. The third-order valence-corrected chi connectivity index (χ3v) is 6.15. The molecule has 0 aromatic heterocycles. The van der Waals surface area contributed by atoms with Crippen LogP contribution in [0.2, 0.25) is 0 Å². The van der Waals surface area contributed by atoms with Crippen molar-refractivity contribution in [3.63, 3.8) is 0 Å². The van der Waals surface area contributed by atoms with Crippen molar-refractivity contribution in [3.05, 3.63) is 0 Å². The van der Waals surface area contributed by atoms with Crippen LogP contribution in [0.4, 0.5) is 0 Å². The Labute approximate surface area is 160 Å². The van der Waals surface area contributed by atoms with E-state index in [1.165, 1.54) is 0 Å². The van der Waals surface area contributed by atoms with Gasteiger partial charge in [-0.2, -0.15) is 0 Å². The van der Waals surface area contributed by atoms with Crippen molar-refractivity contribution in [2.24, 2.45) is 23.2 Å². The molecule has 0 aliphatic heterocycles. The molecule has 4 atom stereocenters. The van der Waals surface area contributed by atoms with E-state index in [4.69, 9.17) is 0 Å². The fraction of sp³-hybridized carbons (Fsp3) is 0.909. The Kier molecular flexibility index (Phi) is 12.6. The molecule has 0 fully saturated rings. The lowest BCUT2D eigenvalue weighted by Gasteiger charge is -2.42. The molecule has 4 nitrogen and oxygen atoms in total. The standard InChI is InChI=1S/C22H42O4/c1-6-11-14-17(9-4)15-22(21(25)26,16-20(23)24)19(13-8-3)18(10-5)12-7-2/h17-19H,6-16H2,1-5H3,(H,23,24)(H,25,26). The highest BCUT2D eigenvalue weighted by Crippen LogP contribution is 2.48. The first-order valence-electron chi connectivity index (χ1n) is 10.8. The fourth-order valence-corrected chi connectivity index (χ4v) is 4.74. The maximum absolute atomic E-state index is 12.6. The van der Waals surface area contributed by atoms with Crippen LogP contribution >= 0.6 is 0 Å². The number of carboxylic acid groups (broad SMARTS) is 2. The molecule has 0 radical (unpaired) electrons. The van der Waals surface area contributed by atoms with E-state index in [2.05, 4.69) is 34.6 Å². The smallest absolute Gasteiger partial charge is 0.310 e. The molecular weight excluding hydrogens is 328 g/mol. The number of unbranched alkanes of at least 4 members (excludes halogenated alkanes) is 1. The van der Waals surface area contributed by atoms with Crippen LogP contribution in [0.25, 0.3) is 0 Å². The number of carboxylic acids is 2. The van der Waals surface area contributed by atoms with Crippen LogP contribution in [-0.4, -0.2) is 22.2 Å². The highest BCUT2D eigenvalue weighted by molar-refractivity contribution is 5.82. The average molecular weight is 371 g/mol. The van der Waals surface area contributed by atoms with Crippen LogP contribution in [0.15, 0.2) is 0 Å². The zero-order valence-corrected chi connectivity index (χ0v) is 17.7. The number of hydrogen-bond donors (Lipinski definition) is 2. The van der Waals surface area contributed by atoms with Gasteiger partial charge in [0.05, 0.1) is 11.8 Å². The molecule has 0 aliphatic carbocycles. The average Bonchev–Trinajstić information content (AvgIpc) is 2.60. The third-order valence-electron chi connectivity index (χ3n) is 6.15. The van der Waals surface area contributed by atoms with E-state index in [-0.39, 0.29) is 24.2 Å².